The van der Waals surface area contributed by atoms with Crippen LogP contribution in [0.3, 0.4) is 0 Å². The van der Waals surface area contributed by atoms with Crippen LogP contribution in [0, 0.1) is 10.1 Å². The first-order valence-corrected chi connectivity index (χ1v) is 5.74. The molecule has 0 amide bonds. The fourth-order valence-electron chi connectivity index (χ4n) is 1.38. The van der Waals surface area contributed by atoms with Gasteiger partial charge in [0.25, 0.3) is 5.69 Å². The van der Waals surface area contributed by atoms with Gasteiger partial charge in [0.2, 0.25) is 0 Å². The van der Waals surface area contributed by atoms with Crippen LogP contribution in [0.2, 0.25) is 0 Å². The van der Waals surface area contributed by atoms with E-state index in [1.54, 1.807) is 12.1 Å². The molecule has 0 saturated heterocycles. The van der Waals surface area contributed by atoms with Gasteiger partial charge < -0.3 is 5.11 Å². The van der Waals surface area contributed by atoms with E-state index in [0.717, 1.165) is 0 Å². The second kappa shape index (κ2) is 4.54. The average molecular weight is 252 g/mol. The van der Waals surface area contributed by atoms with Crippen molar-refractivity contribution in [2.24, 2.45) is 4.99 Å². The zero-order valence-electron chi connectivity index (χ0n) is 8.57. The highest BCUT2D eigenvalue weighted by atomic mass is 32.2. The maximum atomic E-state index is 10.7. The van der Waals surface area contributed by atoms with Gasteiger partial charge in [-0.2, -0.15) is 0 Å². The number of carboxylic acid groups (broad SMARTS) is 1. The number of nitro benzene ring substituents is 1. The number of aliphatic imine (C=N–C) groups is 1. The molecule has 0 unspecified atom stereocenters. The average Bonchev–Trinajstić information content (AvgIpc) is 2.78. The number of carbonyl (C=O) groups is 1. The molecular formula is C10H8N2O4S. The van der Waals surface area contributed by atoms with Crippen LogP contribution < -0.4 is 0 Å². The summed E-state index contributed by atoms with van der Waals surface area (Å²) in [6.45, 7) is 0. The van der Waals surface area contributed by atoms with Gasteiger partial charge in [-0.25, -0.2) is 4.79 Å². The smallest absolute Gasteiger partial charge is 0.329 e. The highest BCUT2D eigenvalue weighted by Gasteiger charge is 2.25. The molecule has 1 heterocycles. The normalized spacial score (nSPS) is 18.8. The number of non-ortho nitro benzene ring substituents is 1. The standard InChI is InChI=1S/C10H8N2O4S/c13-10(14)8-5-17-9(11-8)6-1-3-7(4-2-6)12(15)16/h1-4,8H,5H2,(H,13,14)/t8-/m0/s1. The Morgan fingerprint density at radius 3 is 2.59 bits per heavy atom. The number of aliphatic carboxylic acids is 1. The van der Waals surface area contributed by atoms with Crippen molar-refractivity contribution >= 4 is 28.5 Å². The summed E-state index contributed by atoms with van der Waals surface area (Å²) in [6, 6.07) is 5.20. The minimum Gasteiger partial charge on any atom is -0.480 e. The molecule has 1 atom stereocenters. The molecule has 1 aromatic rings. The Bertz CT molecular complexity index is 498. The lowest BCUT2D eigenvalue weighted by molar-refractivity contribution is -0.384. The second-order valence-corrected chi connectivity index (χ2v) is 4.41. The lowest BCUT2D eigenvalue weighted by atomic mass is 10.2. The first-order valence-electron chi connectivity index (χ1n) is 4.76. The number of carboxylic acids is 1. The van der Waals surface area contributed by atoms with Crippen LogP contribution in [0.4, 0.5) is 5.69 Å². The van der Waals surface area contributed by atoms with Gasteiger partial charge in [0.05, 0.1) is 9.97 Å². The highest BCUT2D eigenvalue weighted by Crippen LogP contribution is 2.24. The zero-order valence-corrected chi connectivity index (χ0v) is 9.38. The molecule has 0 aromatic heterocycles. The van der Waals surface area contributed by atoms with Gasteiger partial charge >= 0.3 is 5.97 Å². The van der Waals surface area contributed by atoms with E-state index in [1.165, 1.54) is 23.9 Å². The van der Waals surface area contributed by atoms with E-state index in [9.17, 15) is 14.9 Å². The number of hydrogen-bond acceptors (Lipinski definition) is 5. The van der Waals surface area contributed by atoms with Gasteiger partial charge in [-0.15, -0.1) is 11.8 Å². The van der Waals surface area contributed by atoms with Crippen molar-refractivity contribution < 1.29 is 14.8 Å². The summed E-state index contributed by atoms with van der Waals surface area (Å²) >= 11 is 1.35. The SMILES string of the molecule is O=C(O)[C@@H]1CSC(c2ccc([N+](=O)[O-])cc2)=N1. The van der Waals surface area contributed by atoms with E-state index in [4.69, 9.17) is 5.11 Å². The molecule has 0 radical (unpaired) electrons. The topological polar surface area (TPSA) is 92.8 Å². The predicted molar refractivity (Wildman–Crippen MR) is 63.5 cm³/mol. The minimum atomic E-state index is -0.950. The fourth-order valence-corrected chi connectivity index (χ4v) is 2.42. The van der Waals surface area contributed by atoms with Crippen LogP contribution in [0.5, 0.6) is 0 Å². The van der Waals surface area contributed by atoms with Crippen LogP contribution in [0.1, 0.15) is 5.56 Å². The molecule has 0 bridgehead atoms. The van der Waals surface area contributed by atoms with Crippen molar-refractivity contribution in [3.63, 3.8) is 0 Å². The molecule has 1 aliphatic rings. The maximum Gasteiger partial charge on any atom is 0.329 e. The Morgan fingerprint density at radius 1 is 1.47 bits per heavy atom. The third-order valence-corrected chi connectivity index (χ3v) is 3.36. The Labute approximate surface area is 101 Å². The molecular weight excluding hydrogens is 244 g/mol. The molecule has 1 aromatic carbocycles. The first kappa shape index (κ1) is 11.6. The molecule has 0 aliphatic carbocycles. The molecule has 88 valence electrons. The monoisotopic (exact) mass is 252 g/mol. The van der Waals surface area contributed by atoms with Crippen molar-refractivity contribution in [1.29, 1.82) is 0 Å². The van der Waals surface area contributed by atoms with E-state index in [0.29, 0.717) is 16.4 Å². The molecule has 17 heavy (non-hydrogen) atoms. The predicted octanol–water partition coefficient (Wildman–Crippen LogP) is 1.54. The van der Waals surface area contributed by atoms with Gasteiger partial charge in [0.15, 0.2) is 6.04 Å². The second-order valence-electron chi connectivity index (χ2n) is 3.40. The largest absolute Gasteiger partial charge is 0.480 e. The number of thioether (sulfide) groups is 1. The van der Waals surface area contributed by atoms with Gasteiger partial charge in [0, 0.05) is 23.4 Å². The van der Waals surface area contributed by atoms with E-state index < -0.39 is 16.9 Å². The van der Waals surface area contributed by atoms with E-state index in [-0.39, 0.29) is 5.69 Å². The summed E-state index contributed by atoms with van der Waals surface area (Å²) in [5.41, 5.74) is 0.719. The summed E-state index contributed by atoms with van der Waals surface area (Å²) in [5.74, 6) is -0.545. The number of rotatable bonds is 3. The molecule has 1 N–H and O–H groups in total. The van der Waals surface area contributed by atoms with Crippen LogP contribution in [0.25, 0.3) is 0 Å². The van der Waals surface area contributed by atoms with Gasteiger partial charge in [-0.05, 0) is 12.1 Å². The summed E-state index contributed by atoms with van der Waals surface area (Å²) in [7, 11) is 0. The minimum absolute atomic E-state index is 0.00660. The van der Waals surface area contributed by atoms with Crippen molar-refractivity contribution in [3.8, 4) is 0 Å². The zero-order chi connectivity index (χ0) is 12.4. The van der Waals surface area contributed by atoms with Crippen LogP contribution in [0.15, 0.2) is 29.3 Å². The lowest BCUT2D eigenvalue weighted by Gasteiger charge is -1.98. The van der Waals surface area contributed by atoms with Gasteiger partial charge in [-0.3, -0.25) is 15.1 Å². The van der Waals surface area contributed by atoms with E-state index >= 15 is 0 Å². The molecule has 0 fully saturated rings. The number of nitro groups is 1. The van der Waals surface area contributed by atoms with Crippen LogP contribution >= 0.6 is 11.8 Å². The van der Waals surface area contributed by atoms with Crippen molar-refractivity contribution in [3.05, 3.63) is 39.9 Å². The fraction of sp³-hybridized carbons (Fsp3) is 0.200. The Balaban J connectivity index is 2.21. The Hall–Kier alpha value is -1.89. The number of nitrogens with zero attached hydrogens (tertiary/aromatic N) is 2. The highest BCUT2D eigenvalue weighted by molar-refractivity contribution is 8.14. The summed E-state index contributed by atoms with van der Waals surface area (Å²) in [5, 5.41) is 19.9. The third-order valence-electron chi connectivity index (χ3n) is 2.26. The van der Waals surface area contributed by atoms with Gasteiger partial charge in [0.1, 0.15) is 0 Å². The molecule has 7 heteroatoms. The Morgan fingerprint density at radius 2 is 2.12 bits per heavy atom. The van der Waals surface area contributed by atoms with Crippen LogP contribution in [-0.2, 0) is 4.79 Å². The molecule has 0 saturated carbocycles. The molecule has 0 spiro atoms. The summed E-state index contributed by atoms with van der Waals surface area (Å²) in [6.07, 6.45) is 0. The number of benzene rings is 1. The molecule has 1 aliphatic heterocycles. The summed E-state index contributed by atoms with van der Waals surface area (Å²) in [4.78, 5) is 24.7. The van der Waals surface area contributed by atoms with Crippen molar-refractivity contribution in [2.45, 2.75) is 6.04 Å². The lowest BCUT2D eigenvalue weighted by Crippen LogP contribution is -2.17. The first-order chi connectivity index (χ1) is 8.08. The van der Waals surface area contributed by atoms with Crippen LogP contribution in [-0.4, -0.2) is 32.8 Å². The van der Waals surface area contributed by atoms with Gasteiger partial charge in [-0.1, -0.05) is 0 Å². The van der Waals surface area contributed by atoms with E-state index in [2.05, 4.69) is 4.99 Å². The van der Waals surface area contributed by atoms with Crippen molar-refractivity contribution in [2.75, 3.05) is 5.75 Å². The Kier molecular flexibility index (Phi) is 3.10. The maximum absolute atomic E-state index is 10.7. The van der Waals surface area contributed by atoms with Crippen molar-refractivity contribution in [1.82, 2.24) is 0 Å². The quantitative estimate of drug-likeness (QED) is 0.650. The molecule has 6 nitrogen and oxygen atoms in total. The molecule has 2 rings (SSSR count). The summed E-state index contributed by atoms with van der Waals surface area (Å²) < 4.78 is 0. The number of hydrogen-bond donors (Lipinski definition) is 1. The third kappa shape index (κ3) is 2.44. The van der Waals surface area contributed by atoms with E-state index in [1.807, 2.05) is 0 Å².